The average Bonchev–Trinajstić information content (AvgIpc) is 2.67. The summed E-state index contributed by atoms with van der Waals surface area (Å²) in [6.45, 7) is 7.77. The van der Waals surface area contributed by atoms with Gasteiger partial charge in [-0.2, -0.15) is 4.98 Å². The quantitative estimate of drug-likeness (QED) is 0.826. The van der Waals surface area contributed by atoms with E-state index in [0.717, 1.165) is 19.4 Å². The van der Waals surface area contributed by atoms with Gasteiger partial charge in [0, 0.05) is 12.1 Å². The molecule has 0 bridgehead atoms. The molecule has 2 aromatic rings. The van der Waals surface area contributed by atoms with Crippen LogP contribution in [0.1, 0.15) is 49.5 Å². The number of nitrogens with zero attached hydrogens (tertiary/aromatic N) is 3. The molecule has 0 saturated carbocycles. The summed E-state index contributed by atoms with van der Waals surface area (Å²) < 4.78 is 11.0. The van der Waals surface area contributed by atoms with Gasteiger partial charge < -0.3 is 14.4 Å². The number of hydrogen-bond donors (Lipinski definition) is 0. The van der Waals surface area contributed by atoms with Gasteiger partial charge >= 0.3 is 0 Å². The zero-order chi connectivity index (χ0) is 19.4. The highest BCUT2D eigenvalue weighted by atomic mass is 16.5. The van der Waals surface area contributed by atoms with Gasteiger partial charge in [-0.15, -0.1) is 0 Å². The largest absolute Gasteiger partial charge is 0.480 e. The van der Waals surface area contributed by atoms with Crippen molar-refractivity contribution in [3.8, 4) is 11.8 Å². The minimum atomic E-state index is -0.0991. The van der Waals surface area contributed by atoms with Crippen molar-refractivity contribution in [2.24, 2.45) is 0 Å². The number of likely N-dealkylation sites (tertiary alicyclic amines) is 1. The van der Waals surface area contributed by atoms with E-state index < -0.39 is 0 Å². The Labute approximate surface area is 160 Å². The second-order valence-corrected chi connectivity index (χ2v) is 7.86. The predicted octanol–water partition coefficient (Wildman–Crippen LogP) is 3.47. The number of piperidine rings is 1. The van der Waals surface area contributed by atoms with Gasteiger partial charge in [-0.25, -0.2) is 0 Å². The number of rotatable bonds is 4. The van der Waals surface area contributed by atoms with Gasteiger partial charge in [0.05, 0.1) is 26.0 Å². The van der Waals surface area contributed by atoms with E-state index in [1.54, 1.807) is 13.3 Å². The molecule has 0 spiro atoms. The van der Waals surface area contributed by atoms with Crippen LogP contribution in [-0.4, -0.2) is 47.1 Å². The van der Waals surface area contributed by atoms with E-state index in [0.29, 0.717) is 23.9 Å². The molecule has 1 aromatic heterocycles. The summed E-state index contributed by atoms with van der Waals surface area (Å²) in [7, 11) is 1.54. The standard InChI is InChI=1S/C21H27N3O3/c1-21(2,3)16-9-7-15(8-10-16)20(25)24-11-5-6-17(14-24)27-19-13-22-12-18(23-19)26-4/h7-10,12-13,17H,5-6,11,14H2,1-4H3. The molecular weight excluding hydrogens is 342 g/mol. The van der Waals surface area contributed by atoms with Crippen LogP contribution in [0.15, 0.2) is 36.7 Å². The summed E-state index contributed by atoms with van der Waals surface area (Å²) in [4.78, 5) is 23.0. The molecule has 1 unspecified atom stereocenters. The van der Waals surface area contributed by atoms with Gasteiger partial charge in [-0.05, 0) is 36.0 Å². The minimum absolute atomic E-state index is 0.0421. The van der Waals surface area contributed by atoms with E-state index in [1.165, 1.54) is 11.8 Å². The van der Waals surface area contributed by atoms with E-state index in [4.69, 9.17) is 9.47 Å². The first-order chi connectivity index (χ1) is 12.9. The van der Waals surface area contributed by atoms with Crippen molar-refractivity contribution >= 4 is 5.91 Å². The van der Waals surface area contributed by atoms with Gasteiger partial charge in [0.25, 0.3) is 5.91 Å². The normalized spacial score (nSPS) is 17.5. The lowest BCUT2D eigenvalue weighted by Gasteiger charge is -2.32. The van der Waals surface area contributed by atoms with Crippen LogP contribution in [0.2, 0.25) is 0 Å². The van der Waals surface area contributed by atoms with Gasteiger partial charge in [0.1, 0.15) is 6.10 Å². The van der Waals surface area contributed by atoms with Crippen molar-refractivity contribution in [3.05, 3.63) is 47.8 Å². The van der Waals surface area contributed by atoms with Crippen LogP contribution in [0.25, 0.3) is 0 Å². The molecule has 6 nitrogen and oxygen atoms in total. The van der Waals surface area contributed by atoms with Crippen LogP contribution in [0, 0.1) is 0 Å². The van der Waals surface area contributed by atoms with E-state index in [9.17, 15) is 4.79 Å². The summed E-state index contributed by atoms with van der Waals surface area (Å²) in [5.41, 5.74) is 2.00. The molecule has 0 radical (unpaired) electrons. The van der Waals surface area contributed by atoms with E-state index in [-0.39, 0.29) is 17.4 Å². The number of aromatic nitrogens is 2. The highest BCUT2D eigenvalue weighted by Crippen LogP contribution is 2.24. The third-order valence-electron chi connectivity index (χ3n) is 4.75. The molecule has 1 aliphatic heterocycles. The summed E-state index contributed by atoms with van der Waals surface area (Å²) in [5, 5.41) is 0. The number of benzene rings is 1. The van der Waals surface area contributed by atoms with Crippen LogP contribution in [-0.2, 0) is 5.41 Å². The minimum Gasteiger partial charge on any atom is -0.480 e. The lowest BCUT2D eigenvalue weighted by molar-refractivity contribution is 0.0525. The molecule has 1 amide bonds. The Balaban J connectivity index is 1.65. The van der Waals surface area contributed by atoms with E-state index >= 15 is 0 Å². The fourth-order valence-corrected chi connectivity index (χ4v) is 3.17. The Morgan fingerprint density at radius 1 is 1.15 bits per heavy atom. The average molecular weight is 369 g/mol. The maximum Gasteiger partial charge on any atom is 0.253 e. The van der Waals surface area contributed by atoms with Gasteiger partial charge in [0.15, 0.2) is 0 Å². The highest BCUT2D eigenvalue weighted by Gasteiger charge is 2.26. The van der Waals surface area contributed by atoms with Gasteiger partial charge in [-0.1, -0.05) is 32.9 Å². The van der Waals surface area contributed by atoms with E-state index in [2.05, 4.69) is 30.7 Å². The van der Waals surface area contributed by atoms with Gasteiger partial charge in [0.2, 0.25) is 11.8 Å². The Morgan fingerprint density at radius 3 is 2.52 bits per heavy atom. The second-order valence-electron chi connectivity index (χ2n) is 7.86. The third-order valence-corrected chi connectivity index (χ3v) is 4.75. The van der Waals surface area contributed by atoms with Crippen molar-refractivity contribution in [1.29, 1.82) is 0 Å². The smallest absolute Gasteiger partial charge is 0.253 e. The molecule has 1 aromatic carbocycles. The van der Waals surface area contributed by atoms with Crippen molar-refractivity contribution in [1.82, 2.24) is 14.9 Å². The molecule has 0 aliphatic carbocycles. The third kappa shape index (κ3) is 4.76. The number of hydrogen-bond acceptors (Lipinski definition) is 5. The molecule has 0 N–H and O–H groups in total. The van der Waals surface area contributed by atoms with Crippen LogP contribution in [0.4, 0.5) is 0 Å². The van der Waals surface area contributed by atoms with Crippen LogP contribution in [0.5, 0.6) is 11.8 Å². The summed E-state index contributed by atoms with van der Waals surface area (Å²) in [6, 6.07) is 7.91. The molecule has 1 atom stereocenters. The molecule has 1 aliphatic rings. The monoisotopic (exact) mass is 369 g/mol. The summed E-state index contributed by atoms with van der Waals surface area (Å²) >= 11 is 0. The number of carbonyl (C=O) groups is 1. The van der Waals surface area contributed by atoms with Crippen LogP contribution >= 0.6 is 0 Å². The highest BCUT2D eigenvalue weighted by molar-refractivity contribution is 5.94. The first-order valence-electron chi connectivity index (χ1n) is 9.29. The molecule has 1 fully saturated rings. The summed E-state index contributed by atoms with van der Waals surface area (Å²) in [6.07, 6.45) is 4.77. The van der Waals surface area contributed by atoms with Crippen molar-refractivity contribution in [2.45, 2.75) is 45.1 Å². The topological polar surface area (TPSA) is 64.6 Å². The molecule has 1 saturated heterocycles. The van der Waals surface area contributed by atoms with Crippen LogP contribution < -0.4 is 9.47 Å². The Hall–Kier alpha value is -2.63. The fourth-order valence-electron chi connectivity index (χ4n) is 3.17. The Kier molecular flexibility index (Phi) is 5.63. The summed E-state index contributed by atoms with van der Waals surface area (Å²) in [5.74, 6) is 0.874. The zero-order valence-electron chi connectivity index (χ0n) is 16.4. The fraction of sp³-hybridized carbons (Fsp3) is 0.476. The maximum atomic E-state index is 12.9. The van der Waals surface area contributed by atoms with Crippen molar-refractivity contribution in [3.63, 3.8) is 0 Å². The first kappa shape index (κ1) is 19.1. The number of ether oxygens (including phenoxy) is 2. The van der Waals surface area contributed by atoms with Crippen LogP contribution in [0.3, 0.4) is 0 Å². The van der Waals surface area contributed by atoms with Crippen molar-refractivity contribution < 1.29 is 14.3 Å². The molecule has 3 rings (SSSR count). The molecule has 2 heterocycles. The Bertz CT molecular complexity index is 784. The predicted molar refractivity (Wildman–Crippen MR) is 103 cm³/mol. The Morgan fingerprint density at radius 2 is 1.85 bits per heavy atom. The zero-order valence-corrected chi connectivity index (χ0v) is 16.4. The number of amides is 1. The SMILES string of the molecule is COc1cncc(OC2CCCN(C(=O)c3ccc(C(C)(C)C)cc3)C2)n1. The number of methoxy groups -OCH3 is 1. The maximum absolute atomic E-state index is 12.9. The van der Waals surface area contributed by atoms with Gasteiger partial charge in [-0.3, -0.25) is 9.78 Å². The molecule has 6 heteroatoms. The van der Waals surface area contributed by atoms with E-state index in [1.807, 2.05) is 29.2 Å². The second kappa shape index (κ2) is 7.94. The number of carbonyl (C=O) groups excluding carboxylic acids is 1. The van der Waals surface area contributed by atoms with Crippen molar-refractivity contribution in [2.75, 3.05) is 20.2 Å². The molecular formula is C21H27N3O3. The first-order valence-corrected chi connectivity index (χ1v) is 9.29. The molecule has 27 heavy (non-hydrogen) atoms. The lowest BCUT2D eigenvalue weighted by atomic mass is 9.86. The molecule has 144 valence electrons. The lowest BCUT2D eigenvalue weighted by Crippen LogP contribution is -2.44.